The highest BCUT2D eigenvalue weighted by atomic mass is 19.4. The lowest BCUT2D eigenvalue weighted by atomic mass is 9.81. The van der Waals surface area contributed by atoms with E-state index in [2.05, 4.69) is 4.98 Å². The van der Waals surface area contributed by atoms with Crippen LogP contribution in [-0.2, 0) is 4.74 Å². The molecule has 0 aromatic carbocycles. The Hall–Kier alpha value is -1.53. The summed E-state index contributed by atoms with van der Waals surface area (Å²) in [5.41, 5.74) is -1.67. The lowest BCUT2D eigenvalue weighted by Gasteiger charge is -2.19. The number of hydrogen-bond acceptors (Lipinski definition) is 3. The first-order chi connectivity index (χ1) is 7.59. The van der Waals surface area contributed by atoms with Crippen molar-refractivity contribution in [1.82, 2.24) is 4.98 Å². The van der Waals surface area contributed by atoms with E-state index in [0.29, 0.717) is 6.20 Å². The zero-order valence-corrected chi connectivity index (χ0v) is 9.71. The second-order valence-corrected chi connectivity index (χ2v) is 4.55. The van der Waals surface area contributed by atoms with Gasteiger partial charge in [-0.15, -0.1) is 0 Å². The van der Waals surface area contributed by atoms with Crippen LogP contribution in [0, 0.1) is 0 Å². The molecule has 0 amide bonds. The minimum Gasteiger partial charge on any atom is -0.455 e. The van der Waals surface area contributed by atoms with Crippen LogP contribution >= 0.6 is 0 Å². The second kappa shape index (κ2) is 4.39. The third-order valence-corrected chi connectivity index (χ3v) is 1.77. The molecule has 0 spiro atoms. The third-order valence-electron chi connectivity index (χ3n) is 1.77. The molecule has 1 rings (SSSR count). The van der Waals surface area contributed by atoms with Crippen LogP contribution < -0.4 is 5.46 Å². The number of carbonyl (C=O) groups is 1. The number of rotatable bonds is 2. The molecule has 1 aromatic heterocycles. The van der Waals surface area contributed by atoms with E-state index >= 15 is 0 Å². The molecule has 0 aliphatic heterocycles. The molecule has 0 saturated carbocycles. The number of halogens is 3. The molecule has 1 heterocycles. The lowest BCUT2D eigenvalue weighted by Crippen LogP contribution is -2.34. The second-order valence-electron chi connectivity index (χ2n) is 4.55. The highest BCUT2D eigenvalue weighted by molar-refractivity contribution is 6.73. The molecule has 1 aromatic rings. The minimum atomic E-state index is -5.09. The SMILES string of the molecule is CC(C)(C)OC(=O)c1ccc([B-](F)(F)F)cn1. The number of ether oxygens (including phenoxy) is 1. The number of nitrogens with zero attached hydrogens (tertiary/aromatic N) is 1. The quantitative estimate of drug-likeness (QED) is 0.592. The topological polar surface area (TPSA) is 39.2 Å². The average molecular weight is 246 g/mol. The van der Waals surface area contributed by atoms with E-state index in [-0.39, 0.29) is 5.69 Å². The van der Waals surface area contributed by atoms with Gasteiger partial charge in [-0.3, -0.25) is 4.98 Å². The highest BCUT2D eigenvalue weighted by Crippen LogP contribution is 2.12. The lowest BCUT2D eigenvalue weighted by molar-refractivity contribution is 0.00628. The van der Waals surface area contributed by atoms with Crippen molar-refractivity contribution < 1.29 is 22.5 Å². The summed E-state index contributed by atoms with van der Waals surface area (Å²) in [5, 5.41) is 0. The van der Waals surface area contributed by atoms with Crippen LogP contribution in [0.4, 0.5) is 12.9 Å². The molecule has 0 aliphatic rings. The van der Waals surface area contributed by atoms with Crippen LogP contribution in [0.3, 0.4) is 0 Å². The fourth-order valence-electron chi connectivity index (χ4n) is 1.05. The standard InChI is InChI=1S/C10H12BF3NO2/c1-10(2,3)17-9(16)8-5-4-7(6-15-8)11(12,13)14/h4-6H,1-3H3/q-1. The van der Waals surface area contributed by atoms with E-state index in [1.165, 1.54) is 0 Å². The van der Waals surface area contributed by atoms with Gasteiger partial charge >= 0.3 is 12.9 Å². The predicted octanol–water partition coefficient (Wildman–Crippen LogP) is 2.09. The Balaban J connectivity index is 2.85. The van der Waals surface area contributed by atoms with Gasteiger partial charge in [-0.05, 0) is 26.8 Å². The maximum Gasteiger partial charge on any atom is 0.511 e. The Bertz CT molecular complexity index is 409. The number of aromatic nitrogens is 1. The Morgan fingerprint density at radius 1 is 1.29 bits per heavy atom. The molecule has 0 atom stereocenters. The summed E-state index contributed by atoms with van der Waals surface area (Å²) in [6, 6.07) is 1.84. The summed E-state index contributed by atoms with van der Waals surface area (Å²) in [7, 11) is 0. The molecule has 0 saturated heterocycles. The van der Waals surface area contributed by atoms with Gasteiger partial charge in [0.1, 0.15) is 11.3 Å². The smallest absolute Gasteiger partial charge is 0.455 e. The van der Waals surface area contributed by atoms with Crippen LogP contribution in [0.25, 0.3) is 0 Å². The van der Waals surface area contributed by atoms with Gasteiger partial charge in [0.15, 0.2) is 0 Å². The summed E-state index contributed by atoms with van der Waals surface area (Å²) in [6.45, 7) is -0.0917. The Morgan fingerprint density at radius 3 is 2.24 bits per heavy atom. The van der Waals surface area contributed by atoms with E-state index in [4.69, 9.17) is 4.74 Å². The molecule has 0 unspecified atom stereocenters. The first kappa shape index (κ1) is 13.5. The van der Waals surface area contributed by atoms with Gasteiger partial charge in [-0.1, -0.05) is 11.5 Å². The molecular weight excluding hydrogens is 234 g/mol. The van der Waals surface area contributed by atoms with Gasteiger partial charge in [0.2, 0.25) is 0 Å². The van der Waals surface area contributed by atoms with Crippen LogP contribution in [0.15, 0.2) is 18.3 Å². The van der Waals surface area contributed by atoms with Crippen molar-refractivity contribution in [2.45, 2.75) is 26.4 Å². The molecule has 94 valence electrons. The molecular formula is C10H12BF3NO2-. The molecule has 7 heteroatoms. The molecule has 17 heavy (non-hydrogen) atoms. The summed E-state index contributed by atoms with van der Waals surface area (Å²) >= 11 is 0. The molecule has 0 aliphatic carbocycles. The summed E-state index contributed by atoms with van der Waals surface area (Å²) in [6.07, 6.45) is 0.638. The van der Waals surface area contributed by atoms with Gasteiger partial charge < -0.3 is 17.7 Å². The molecule has 0 fully saturated rings. The zero-order valence-electron chi connectivity index (χ0n) is 9.71. The monoisotopic (exact) mass is 246 g/mol. The van der Waals surface area contributed by atoms with Gasteiger partial charge in [0.25, 0.3) is 0 Å². The fourth-order valence-corrected chi connectivity index (χ4v) is 1.05. The van der Waals surface area contributed by atoms with Gasteiger partial charge in [0, 0.05) is 6.20 Å². The summed E-state index contributed by atoms with van der Waals surface area (Å²) in [5.74, 6) is -0.737. The normalized spacial score (nSPS) is 12.4. The minimum absolute atomic E-state index is 0.135. The zero-order chi connectivity index (χ0) is 13.3. The van der Waals surface area contributed by atoms with Crippen molar-refractivity contribution in [2.24, 2.45) is 0 Å². The van der Waals surface area contributed by atoms with Crippen molar-refractivity contribution in [3.8, 4) is 0 Å². The van der Waals surface area contributed by atoms with Crippen molar-refractivity contribution in [3.05, 3.63) is 24.0 Å². The largest absolute Gasteiger partial charge is 0.511 e. The van der Waals surface area contributed by atoms with Crippen molar-refractivity contribution in [3.63, 3.8) is 0 Å². The number of esters is 1. The van der Waals surface area contributed by atoms with Crippen molar-refractivity contribution >= 4 is 18.4 Å². The van der Waals surface area contributed by atoms with Gasteiger partial charge in [-0.2, -0.15) is 0 Å². The first-order valence-electron chi connectivity index (χ1n) is 4.99. The van der Waals surface area contributed by atoms with Crippen LogP contribution in [-0.4, -0.2) is 23.5 Å². The first-order valence-corrected chi connectivity index (χ1v) is 4.99. The Kier molecular flexibility index (Phi) is 3.49. The summed E-state index contributed by atoms with van der Waals surface area (Å²) in [4.78, 5) is 14.9. The third kappa shape index (κ3) is 4.09. The predicted molar refractivity (Wildman–Crippen MR) is 58.1 cm³/mol. The summed E-state index contributed by atoms with van der Waals surface area (Å²) < 4.78 is 41.9. The van der Waals surface area contributed by atoms with Crippen LogP contribution in [0.1, 0.15) is 31.3 Å². The maximum absolute atomic E-state index is 12.3. The van der Waals surface area contributed by atoms with Crippen LogP contribution in [0.5, 0.6) is 0 Å². The number of hydrogen-bond donors (Lipinski definition) is 0. The van der Waals surface area contributed by atoms with E-state index in [9.17, 15) is 17.7 Å². The van der Waals surface area contributed by atoms with E-state index in [1.807, 2.05) is 0 Å². The molecule has 3 nitrogen and oxygen atoms in total. The van der Waals surface area contributed by atoms with Crippen molar-refractivity contribution in [1.29, 1.82) is 0 Å². The Labute approximate surface area is 97.1 Å². The molecule has 0 radical (unpaired) electrons. The van der Waals surface area contributed by atoms with E-state index < -0.39 is 24.0 Å². The fraction of sp³-hybridized carbons (Fsp3) is 0.400. The molecule has 0 bridgehead atoms. The average Bonchev–Trinajstić information content (AvgIpc) is 2.14. The van der Waals surface area contributed by atoms with Crippen molar-refractivity contribution in [2.75, 3.05) is 0 Å². The molecule has 0 N–H and O–H groups in total. The van der Waals surface area contributed by atoms with Crippen LogP contribution in [0.2, 0.25) is 0 Å². The number of carbonyl (C=O) groups excluding carboxylic acids is 1. The van der Waals surface area contributed by atoms with E-state index in [0.717, 1.165) is 12.1 Å². The highest BCUT2D eigenvalue weighted by Gasteiger charge is 2.26. The van der Waals surface area contributed by atoms with Gasteiger partial charge in [-0.25, -0.2) is 4.79 Å². The van der Waals surface area contributed by atoms with Gasteiger partial charge in [0.05, 0.1) is 0 Å². The Morgan fingerprint density at radius 2 is 1.88 bits per heavy atom. The number of pyridine rings is 1. The van der Waals surface area contributed by atoms with E-state index in [1.54, 1.807) is 20.8 Å². The maximum atomic E-state index is 12.3.